The highest BCUT2D eigenvalue weighted by Gasteiger charge is 2.27. The third-order valence-electron chi connectivity index (χ3n) is 3.31. The van der Waals surface area contributed by atoms with Crippen LogP contribution in [0.15, 0.2) is 6.07 Å². The second-order valence-electron chi connectivity index (χ2n) is 5.40. The summed E-state index contributed by atoms with van der Waals surface area (Å²) in [5.74, 6) is 1.02. The van der Waals surface area contributed by atoms with E-state index in [9.17, 15) is 4.79 Å². The fraction of sp³-hybridized carbons (Fsp3) is 0.643. The Hall–Kier alpha value is -1.69. The lowest BCUT2D eigenvalue weighted by Gasteiger charge is -2.36. The quantitative estimate of drug-likeness (QED) is 0.902. The van der Waals surface area contributed by atoms with Crippen molar-refractivity contribution in [2.45, 2.75) is 39.2 Å². The summed E-state index contributed by atoms with van der Waals surface area (Å²) in [4.78, 5) is 22.0. The number of ether oxygens (including phenoxy) is 1. The molecule has 1 saturated heterocycles. The monoisotopic (exact) mass is 279 g/mol. The van der Waals surface area contributed by atoms with Crippen molar-refractivity contribution in [1.29, 1.82) is 0 Å². The third-order valence-corrected chi connectivity index (χ3v) is 3.31. The zero-order chi connectivity index (χ0) is 14.7. The zero-order valence-electron chi connectivity index (χ0n) is 12.2. The van der Waals surface area contributed by atoms with Gasteiger partial charge in [0, 0.05) is 24.2 Å². The molecule has 1 N–H and O–H groups in total. The summed E-state index contributed by atoms with van der Waals surface area (Å²) in [6, 6.07) is 1.74. The van der Waals surface area contributed by atoms with Gasteiger partial charge in [0.2, 0.25) is 0 Å². The summed E-state index contributed by atoms with van der Waals surface area (Å²) in [7, 11) is 0. The van der Waals surface area contributed by atoms with Crippen LogP contribution >= 0.6 is 0 Å². The van der Waals surface area contributed by atoms with Crippen LogP contribution in [0.1, 0.15) is 37.7 Å². The Morgan fingerprint density at radius 2 is 2.30 bits per heavy atom. The van der Waals surface area contributed by atoms with E-state index in [0.717, 1.165) is 17.3 Å². The Morgan fingerprint density at radius 3 is 2.95 bits per heavy atom. The molecule has 110 valence electrons. The number of rotatable bonds is 4. The van der Waals surface area contributed by atoms with Crippen molar-refractivity contribution in [3.05, 3.63) is 17.6 Å². The van der Waals surface area contributed by atoms with Crippen LogP contribution < -0.4 is 4.90 Å². The highest BCUT2D eigenvalue weighted by atomic mass is 16.5. The second-order valence-corrected chi connectivity index (χ2v) is 5.40. The van der Waals surface area contributed by atoms with Crippen LogP contribution in [0, 0.1) is 6.92 Å². The number of carboxylic acid groups (broad SMARTS) is 1. The Labute approximate surface area is 118 Å². The van der Waals surface area contributed by atoms with E-state index in [2.05, 4.69) is 9.97 Å². The number of carbonyl (C=O) groups is 1. The molecule has 6 nitrogen and oxygen atoms in total. The van der Waals surface area contributed by atoms with Crippen molar-refractivity contribution in [1.82, 2.24) is 9.97 Å². The lowest BCUT2D eigenvalue weighted by atomic mass is 10.1. The van der Waals surface area contributed by atoms with Crippen LogP contribution in [0.3, 0.4) is 0 Å². The van der Waals surface area contributed by atoms with Gasteiger partial charge >= 0.3 is 5.97 Å². The molecule has 1 fully saturated rings. The number of carboxylic acids is 1. The molecule has 1 atom stereocenters. The van der Waals surface area contributed by atoms with E-state index in [4.69, 9.17) is 9.84 Å². The second kappa shape index (κ2) is 6.17. The van der Waals surface area contributed by atoms with Crippen molar-refractivity contribution >= 4 is 11.8 Å². The van der Waals surface area contributed by atoms with Gasteiger partial charge in [-0.15, -0.1) is 0 Å². The number of morpholine rings is 1. The fourth-order valence-electron chi connectivity index (χ4n) is 2.31. The first-order valence-corrected chi connectivity index (χ1v) is 6.89. The topological polar surface area (TPSA) is 75.5 Å². The Bertz CT molecular complexity index is 491. The van der Waals surface area contributed by atoms with Crippen LogP contribution in [0.4, 0.5) is 5.82 Å². The minimum atomic E-state index is -0.819. The number of anilines is 1. The van der Waals surface area contributed by atoms with Gasteiger partial charge in [-0.3, -0.25) is 4.79 Å². The van der Waals surface area contributed by atoms with Crippen molar-refractivity contribution in [2.75, 3.05) is 24.7 Å². The molecule has 1 aromatic rings. The average Bonchev–Trinajstić information content (AvgIpc) is 2.37. The normalized spacial score (nSPS) is 19.4. The van der Waals surface area contributed by atoms with Crippen molar-refractivity contribution in [2.24, 2.45) is 0 Å². The molecular weight excluding hydrogens is 258 g/mol. The largest absolute Gasteiger partial charge is 0.481 e. The molecule has 2 heterocycles. The van der Waals surface area contributed by atoms with Gasteiger partial charge in [-0.05, 0) is 6.92 Å². The molecule has 1 unspecified atom stereocenters. The van der Waals surface area contributed by atoms with Gasteiger partial charge in [-0.2, -0.15) is 0 Å². The molecule has 0 bridgehead atoms. The molecule has 0 aromatic carbocycles. The van der Waals surface area contributed by atoms with Crippen LogP contribution in [-0.4, -0.2) is 46.8 Å². The average molecular weight is 279 g/mol. The molecule has 0 amide bonds. The molecule has 1 aliphatic heterocycles. The van der Waals surface area contributed by atoms with Gasteiger partial charge in [-0.1, -0.05) is 13.8 Å². The highest BCUT2D eigenvalue weighted by Crippen LogP contribution is 2.22. The van der Waals surface area contributed by atoms with E-state index in [1.165, 1.54) is 0 Å². The Balaban J connectivity index is 2.29. The number of aromatic nitrogens is 2. The summed E-state index contributed by atoms with van der Waals surface area (Å²) < 4.78 is 5.39. The molecule has 1 aromatic heterocycles. The van der Waals surface area contributed by atoms with E-state index < -0.39 is 5.97 Å². The van der Waals surface area contributed by atoms with Gasteiger partial charge in [0.25, 0.3) is 0 Å². The molecule has 0 spiro atoms. The molecular formula is C14H21N3O3. The number of hydrogen-bond acceptors (Lipinski definition) is 5. The predicted octanol–water partition coefficient (Wildman–Crippen LogP) is 1.59. The first-order chi connectivity index (χ1) is 9.47. The van der Waals surface area contributed by atoms with Gasteiger partial charge in [0.05, 0.1) is 25.7 Å². The van der Waals surface area contributed by atoms with E-state index in [1.54, 1.807) is 0 Å². The maximum absolute atomic E-state index is 11.0. The number of nitrogens with zero attached hydrogens (tertiary/aromatic N) is 3. The van der Waals surface area contributed by atoms with Crippen molar-refractivity contribution < 1.29 is 14.6 Å². The molecule has 1 aliphatic rings. The number of aliphatic carboxylic acids is 1. The van der Waals surface area contributed by atoms with Gasteiger partial charge < -0.3 is 14.7 Å². The van der Waals surface area contributed by atoms with Gasteiger partial charge in [-0.25, -0.2) is 9.97 Å². The van der Waals surface area contributed by atoms with E-state index >= 15 is 0 Å². The highest BCUT2D eigenvalue weighted by molar-refractivity contribution is 5.68. The van der Waals surface area contributed by atoms with Crippen LogP contribution in [0.2, 0.25) is 0 Å². The minimum Gasteiger partial charge on any atom is -0.481 e. The van der Waals surface area contributed by atoms with E-state index in [-0.39, 0.29) is 18.4 Å². The van der Waals surface area contributed by atoms with Gasteiger partial charge in [0.1, 0.15) is 11.6 Å². The smallest absolute Gasteiger partial charge is 0.305 e. The first-order valence-electron chi connectivity index (χ1n) is 6.89. The van der Waals surface area contributed by atoms with Crippen LogP contribution in [0.5, 0.6) is 0 Å². The molecule has 0 saturated carbocycles. The Kier molecular flexibility index (Phi) is 4.54. The lowest BCUT2D eigenvalue weighted by molar-refractivity contribution is -0.138. The minimum absolute atomic E-state index is 0.0556. The fourth-order valence-corrected chi connectivity index (χ4v) is 2.31. The molecule has 2 rings (SSSR count). The number of aryl methyl sites for hydroxylation is 1. The zero-order valence-corrected chi connectivity index (χ0v) is 12.2. The van der Waals surface area contributed by atoms with Crippen LogP contribution in [0.25, 0.3) is 0 Å². The summed E-state index contributed by atoms with van der Waals surface area (Å²) >= 11 is 0. The molecule has 20 heavy (non-hydrogen) atoms. The SMILES string of the molecule is Cc1cc(N2CCOCC2CC(=O)O)nc(C(C)C)n1. The summed E-state index contributed by atoms with van der Waals surface area (Å²) in [5, 5.41) is 9.01. The lowest BCUT2D eigenvalue weighted by Crippen LogP contribution is -2.47. The Morgan fingerprint density at radius 1 is 1.55 bits per heavy atom. The summed E-state index contributed by atoms with van der Waals surface area (Å²) in [6.07, 6.45) is 0.0556. The summed E-state index contributed by atoms with van der Waals surface area (Å²) in [6.45, 7) is 7.71. The number of hydrogen-bond donors (Lipinski definition) is 1. The van der Waals surface area contributed by atoms with Gasteiger partial charge in [0.15, 0.2) is 0 Å². The maximum atomic E-state index is 11.0. The maximum Gasteiger partial charge on any atom is 0.305 e. The molecule has 0 aliphatic carbocycles. The predicted molar refractivity (Wildman–Crippen MR) is 75.1 cm³/mol. The standard InChI is InChI=1S/C14H21N3O3/c1-9(2)14-15-10(3)6-12(16-14)17-4-5-20-8-11(17)7-13(18)19/h6,9,11H,4-5,7-8H2,1-3H3,(H,18,19). The van der Waals surface area contributed by atoms with E-state index in [1.807, 2.05) is 31.7 Å². The van der Waals surface area contributed by atoms with Crippen molar-refractivity contribution in [3.8, 4) is 0 Å². The molecule has 6 heteroatoms. The van der Waals surface area contributed by atoms with E-state index in [0.29, 0.717) is 19.8 Å². The molecule has 0 radical (unpaired) electrons. The van der Waals surface area contributed by atoms with Crippen LogP contribution in [-0.2, 0) is 9.53 Å². The summed E-state index contributed by atoms with van der Waals surface area (Å²) in [5.41, 5.74) is 0.902. The third kappa shape index (κ3) is 3.45. The van der Waals surface area contributed by atoms with Crippen molar-refractivity contribution in [3.63, 3.8) is 0 Å². The first kappa shape index (κ1) is 14.7.